The molecule has 148 valence electrons. The predicted molar refractivity (Wildman–Crippen MR) is 105 cm³/mol. The summed E-state index contributed by atoms with van der Waals surface area (Å²) in [5.41, 5.74) is 3.25. The van der Waals surface area contributed by atoms with Crippen molar-refractivity contribution in [1.29, 1.82) is 0 Å². The zero-order valence-electron chi connectivity index (χ0n) is 16.4. The van der Waals surface area contributed by atoms with Crippen molar-refractivity contribution in [3.8, 4) is 11.5 Å². The van der Waals surface area contributed by atoms with E-state index in [1.54, 1.807) is 23.1 Å². The first-order valence-corrected chi connectivity index (χ1v) is 8.98. The Hall–Kier alpha value is -3.22. The maximum Gasteiger partial charge on any atom is 0.414 e. The highest BCUT2D eigenvalue weighted by molar-refractivity contribution is 5.99. The number of nitrogens with one attached hydrogen (secondary N) is 1. The second-order valence-corrected chi connectivity index (χ2v) is 6.71. The first kappa shape index (κ1) is 19.5. The van der Waals surface area contributed by atoms with Gasteiger partial charge in [-0.1, -0.05) is 12.1 Å². The fourth-order valence-electron chi connectivity index (χ4n) is 3.32. The molecule has 1 fully saturated rings. The van der Waals surface area contributed by atoms with E-state index in [4.69, 9.17) is 14.2 Å². The molecule has 3 rings (SSSR count). The summed E-state index contributed by atoms with van der Waals surface area (Å²) in [5.74, 6) is 0.476. The highest BCUT2D eigenvalue weighted by Gasteiger charge is 2.33. The molecule has 0 bridgehead atoms. The molecule has 1 heterocycles. The van der Waals surface area contributed by atoms with E-state index >= 15 is 0 Å². The third-order valence-electron chi connectivity index (χ3n) is 4.54. The molecule has 0 radical (unpaired) electrons. The highest BCUT2D eigenvalue weighted by atomic mass is 16.6. The Labute approximate surface area is 164 Å². The topological polar surface area (TPSA) is 77.1 Å². The Balaban J connectivity index is 1.68. The van der Waals surface area contributed by atoms with Crippen molar-refractivity contribution in [1.82, 2.24) is 5.32 Å². The van der Waals surface area contributed by atoms with Crippen molar-refractivity contribution in [2.24, 2.45) is 0 Å². The molecule has 2 amide bonds. The van der Waals surface area contributed by atoms with Crippen LogP contribution in [-0.2, 0) is 4.74 Å². The van der Waals surface area contributed by atoms with E-state index in [0.717, 1.165) is 16.8 Å². The number of ether oxygens (including phenoxy) is 3. The van der Waals surface area contributed by atoms with E-state index in [9.17, 15) is 9.59 Å². The van der Waals surface area contributed by atoms with E-state index in [2.05, 4.69) is 5.32 Å². The van der Waals surface area contributed by atoms with Crippen molar-refractivity contribution in [2.45, 2.75) is 20.0 Å². The Morgan fingerprint density at radius 3 is 2.32 bits per heavy atom. The van der Waals surface area contributed by atoms with Gasteiger partial charge in [0.05, 0.1) is 27.3 Å². The first-order valence-electron chi connectivity index (χ1n) is 8.98. The van der Waals surface area contributed by atoms with Gasteiger partial charge in [-0.25, -0.2) is 4.79 Å². The molecule has 1 saturated heterocycles. The molecule has 1 aliphatic heterocycles. The van der Waals surface area contributed by atoms with Crippen LogP contribution in [0.5, 0.6) is 11.5 Å². The Morgan fingerprint density at radius 2 is 1.75 bits per heavy atom. The van der Waals surface area contributed by atoms with Crippen LogP contribution in [0.4, 0.5) is 10.5 Å². The molecule has 7 nitrogen and oxygen atoms in total. The maximum absolute atomic E-state index is 12.7. The molecule has 2 aromatic carbocycles. The lowest BCUT2D eigenvalue weighted by molar-refractivity contribution is 0.0910. The average molecular weight is 384 g/mol. The average Bonchev–Trinajstić information content (AvgIpc) is 3.05. The summed E-state index contributed by atoms with van der Waals surface area (Å²) >= 11 is 0. The molecule has 1 atom stereocenters. The fourth-order valence-corrected chi connectivity index (χ4v) is 3.32. The quantitative estimate of drug-likeness (QED) is 0.828. The first-order chi connectivity index (χ1) is 13.4. The number of methoxy groups -OCH3 is 2. The van der Waals surface area contributed by atoms with Gasteiger partial charge < -0.3 is 19.5 Å². The number of amides is 2. The Kier molecular flexibility index (Phi) is 5.73. The van der Waals surface area contributed by atoms with Crippen LogP contribution in [0.25, 0.3) is 0 Å². The zero-order valence-corrected chi connectivity index (χ0v) is 16.4. The van der Waals surface area contributed by atoms with Gasteiger partial charge in [0.25, 0.3) is 5.91 Å². The molecule has 0 aliphatic carbocycles. The summed E-state index contributed by atoms with van der Waals surface area (Å²) in [6, 6.07) is 11.0. The number of carbonyl (C=O) groups excluding carboxylic acids is 2. The van der Waals surface area contributed by atoms with Crippen molar-refractivity contribution < 1.29 is 23.8 Å². The van der Waals surface area contributed by atoms with Crippen molar-refractivity contribution >= 4 is 17.7 Å². The number of rotatable bonds is 6. The smallest absolute Gasteiger partial charge is 0.414 e. The van der Waals surface area contributed by atoms with E-state index in [-0.39, 0.29) is 12.5 Å². The number of hydrogen-bond acceptors (Lipinski definition) is 5. The van der Waals surface area contributed by atoms with Gasteiger partial charge in [0.15, 0.2) is 0 Å². The van der Waals surface area contributed by atoms with Gasteiger partial charge in [-0.2, -0.15) is 0 Å². The molecule has 1 unspecified atom stereocenters. The molecule has 1 aliphatic rings. The second-order valence-electron chi connectivity index (χ2n) is 6.71. The van der Waals surface area contributed by atoms with E-state index < -0.39 is 12.2 Å². The van der Waals surface area contributed by atoms with Crippen LogP contribution in [0.1, 0.15) is 21.5 Å². The Bertz CT molecular complexity index is 854. The minimum Gasteiger partial charge on any atom is -0.496 e. The minimum absolute atomic E-state index is 0.188. The molecule has 2 aromatic rings. The molecular formula is C21H24N2O5. The molecule has 1 N–H and O–H groups in total. The lowest BCUT2D eigenvalue weighted by Gasteiger charge is -2.15. The summed E-state index contributed by atoms with van der Waals surface area (Å²) in [4.78, 5) is 26.5. The molecular weight excluding hydrogens is 360 g/mol. The van der Waals surface area contributed by atoms with E-state index in [1.165, 1.54) is 14.2 Å². The van der Waals surface area contributed by atoms with E-state index in [1.807, 2.05) is 32.0 Å². The zero-order chi connectivity index (χ0) is 20.3. The van der Waals surface area contributed by atoms with Crippen molar-refractivity contribution in [3.63, 3.8) is 0 Å². The maximum atomic E-state index is 12.7. The second kappa shape index (κ2) is 8.21. The third kappa shape index (κ3) is 4.03. The minimum atomic E-state index is -0.446. The Morgan fingerprint density at radius 1 is 1.14 bits per heavy atom. The number of hydrogen-bond donors (Lipinski definition) is 1. The van der Waals surface area contributed by atoms with Gasteiger partial charge in [0.1, 0.15) is 23.2 Å². The summed E-state index contributed by atoms with van der Waals surface area (Å²) < 4.78 is 15.9. The van der Waals surface area contributed by atoms with Crippen LogP contribution in [-0.4, -0.2) is 45.4 Å². The van der Waals surface area contributed by atoms with Gasteiger partial charge in [-0.05, 0) is 49.2 Å². The normalized spacial score (nSPS) is 15.9. The summed E-state index contributed by atoms with van der Waals surface area (Å²) in [7, 11) is 2.98. The highest BCUT2D eigenvalue weighted by Crippen LogP contribution is 2.28. The molecule has 0 saturated carbocycles. The standard InChI is InChI=1S/C21H24N2O5/c1-13-8-14(2)10-15(9-13)23-12-16(28-21(23)25)11-22-20(24)19-17(26-3)6-5-7-18(19)27-4/h5-10,16H,11-12H2,1-4H3,(H,22,24). The molecule has 28 heavy (non-hydrogen) atoms. The number of benzene rings is 2. The van der Waals surface area contributed by atoms with Crippen molar-refractivity contribution in [2.75, 3.05) is 32.2 Å². The van der Waals surface area contributed by atoms with Crippen LogP contribution in [0.2, 0.25) is 0 Å². The van der Waals surface area contributed by atoms with Crippen LogP contribution >= 0.6 is 0 Å². The number of carbonyl (C=O) groups is 2. The van der Waals surface area contributed by atoms with Crippen molar-refractivity contribution in [3.05, 3.63) is 53.1 Å². The van der Waals surface area contributed by atoms with Gasteiger partial charge in [0.2, 0.25) is 0 Å². The molecule has 7 heteroatoms. The fraction of sp³-hybridized carbons (Fsp3) is 0.333. The number of cyclic esters (lactones) is 1. The van der Waals surface area contributed by atoms with Crippen LogP contribution in [0, 0.1) is 13.8 Å². The van der Waals surface area contributed by atoms with Crippen LogP contribution < -0.4 is 19.7 Å². The largest absolute Gasteiger partial charge is 0.496 e. The SMILES string of the molecule is COc1cccc(OC)c1C(=O)NCC1CN(c2cc(C)cc(C)c2)C(=O)O1. The summed E-state index contributed by atoms with van der Waals surface area (Å²) in [5, 5.41) is 2.80. The lowest BCUT2D eigenvalue weighted by Crippen LogP contribution is -2.35. The molecule has 0 aromatic heterocycles. The third-order valence-corrected chi connectivity index (χ3v) is 4.54. The summed E-state index contributed by atoms with van der Waals surface area (Å²) in [6.07, 6.45) is -0.864. The predicted octanol–water partition coefficient (Wildman–Crippen LogP) is 3.08. The van der Waals surface area contributed by atoms with Gasteiger partial charge in [-0.15, -0.1) is 0 Å². The monoisotopic (exact) mass is 384 g/mol. The lowest BCUT2D eigenvalue weighted by atomic mass is 10.1. The van der Waals surface area contributed by atoms with Gasteiger partial charge in [-0.3, -0.25) is 9.69 Å². The van der Waals surface area contributed by atoms with Gasteiger partial charge in [0, 0.05) is 5.69 Å². The van der Waals surface area contributed by atoms with E-state index in [0.29, 0.717) is 23.6 Å². The summed E-state index contributed by atoms with van der Waals surface area (Å²) in [6.45, 7) is 4.52. The van der Waals surface area contributed by atoms with Crippen LogP contribution in [0.15, 0.2) is 36.4 Å². The van der Waals surface area contributed by atoms with Crippen LogP contribution in [0.3, 0.4) is 0 Å². The molecule has 0 spiro atoms. The van der Waals surface area contributed by atoms with Gasteiger partial charge >= 0.3 is 6.09 Å². The number of nitrogens with zero attached hydrogens (tertiary/aromatic N) is 1. The number of aryl methyl sites for hydroxylation is 2. The number of anilines is 1.